The zero-order valence-corrected chi connectivity index (χ0v) is 11.2. The molecule has 1 N–H and O–H groups in total. The summed E-state index contributed by atoms with van der Waals surface area (Å²) in [5, 5.41) is 10.6. The molecule has 0 atom stereocenters. The van der Waals surface area contributed by atoms with Crippen LogP contribution < -0.4 is 0 Å². The third-order valence-electron chi connectivity index (χ3n) is 2.74. The first-order chi connectivity index (χ1) is 9.13. The van der Waals surface area contributed by atoms with Gasteiger partial charge in [-0.25, -0.2) is 4.79 Å². The van der Waals surface area contributed by atoms with Gasteiger partial charge in [-0.1, -0.05) is 11.6 Å². The van der Waals surface area contributed by atoms with E-state index in [9.17, 15) is 4.79 Å². The summed E-state index contributed by atoms with van der Waals surface area (Å²) in [7, 11) is 0. The van der Waals surface area contributed by atoms with Crippen molar-refractivity contribution < 1.29 is 9.90 Å². The minimum atomic E-state index is -0.970. The molecular formula is C14H8ClNO2S. The van der Waals surface area contributed by atoms with Gasteiger partial charge in [0, 0.05) is 15.9 Å². The summed E-state index contributed by atoms with van der Waals surface area (Å²) in [6.45, 7) is 0. The summed E-state index contributed by atoms with van der Waals surface area (Å²) in [6.07, 6.45) is 1.37. The third kappa shape index (κ3) is 2.32. The van der Waals surface area contributed by atoms with E-state index in [0.29, 0.717) is 5.02 Å². The number of halogens is 1. The fourth-order valence-corrected chi connectivity index (χ4v) is 3.01. The molecule has 0 aliphatic rings. The first-order valence-electron chi connectivity index (χ1n) is 5.52. The van der Waals surface area contributed by atoms with Gasteiger partial charge in [0.1, 0.15) is 0 Å². The average Bonchev–Trinajstić information content (AvgIpc) is 2.81. The van der Waals surface area contributed by atoms with Crippen LogP contribution in [0.2, 0.25) is 5.02 Å². The molecule has 0 radical (unpaired) electrons. The number of hydrogen-bond donors (Lipinski definition) is 1. The van der Waals surface area contributed by atoms with E-state index in [1.54, 1.807) is 23.5 Å². The molecule has 0 saturated carbocycles. The Balaban J connectivity index is 2.06. The van der Waals surface area contributed by atoms with Crippen molar-refractivity contribution in [3.05, 3.63) is 53.2 Å². The van der Waals surface area contributed by atoms with Gasteiger partial charge in [0.05, 0.1) is 16.1 Å². The average molecular weight is 290 g/mol. The molecule has 0 unspecified atom stereocenters. The van der Waals surface area contributed by atoms with Crippen LogP contribution in [0.1, 0.15) is 10.4 Å². The Morgan fingerprint density at radius 2 is 2.05 bits per heavy atom. The van der Waals surface area contributed by atoms with Gasteiger partial charge in [0.2, 0.25) is 0 Å². The van der Waals surface area contributed by atoms with E-state index in [4.69, 9.17) is 16.7 Å². The maximum Gasteiger partial charge on any atom is 0.337 e. The number of fused-ring (bicyclic) bond motifs is 1. The highest BCUT2D eigenvalue weighted by atomic mass is 35.5. The number of aromatic carboxylic acids is 1. The Morgan fingerprint density at radius 3 is 2.74 bits per heavy atom. The molecular weight excluding hydrogens is 282 g/mol. The molecule has 3 aromatic rings. The molecule has 0 saturated heterocycles. The molecule has 0 aliphatic heterocycles. The number of thiophene rings is 1. The van der Waals surface area contributed by atoms with Crippen molar-refractivity contribution in [3.63, 3.8) is 0 Å². The summed E-state index contributed by atoms with van der Waals surface area (Å²) in [4.78, 5) is 16.0. The van der Waals surface area contributed by atoms with Crippen LogP contribution in [-0.2, 0) is 0 Å². The summed E-state index contributed by atoms with van der Waals surface area (Å²) in [5.41, 5.74) is 0.954. The lowest BCUT2D eigenvalue weighted by Crippen LogP contribution is -1.96. The lowest BCUT2D eigenvalue weighted by atomic mass is 10.2. The smallest absolute Gasteiger partial charge is 0.337 e. The van der Waals surface area contributed by atoms with E-state index in [1.165, 1.54) is 6.20 Å². The van der Waals surface area contributed by atoms with E-state index in [2.05, 4.69) is 4.98 Å². The number of carboxylic acids is 1. The molecule has 3 rings (SSSR count). The molecule has 0 aliphatic carbocycles. The van der Waals surface area contributed by atoms with Gasteiger partial charge in [-0.15, -0.1) is 11.3 Å². The van der Waals surface area contributed by atoms with E-state index in [0.717, 1.165) is 20.7 Å². The van der Waals surface area contributed by atoms with Gasteiger partial charge >= 0.3 is 5.97 Å². The fraction of sp³-hybridized carbons (Fsp3) is 0. The van der Waals surface area contributed by atoms with Gasteiger partial charge in [0.15, 0.2) is 0 Å². The number of hydrogen-bond acceptors (Lipinski definition) is 3. The Labute approximate surface area is 118 Å². The fourth-order valence-electron chi connectivity index (χ4n) is 1.81. The van der Waals surface area contributed by atoms with Crippen molar-refractivity contribution in [2.45, 2.75) is 0 Å². The van der Waals surface area contributed by atoms with Gasteiger partial charge in [-0.2, -0.15) is 0 Å². The van der Waals surface area contributed by atoms with E-state index >= 15 is 0 Å². The number of nitrogens with zero attached hydrogens (tertiary/aromatic N) is 1. The van der Waals surface area contributed by atoms with Crippen molar-refractivity contribution in [1.82, 2.24) is 4.98 Å². The normalized spacial score (nSPS) is 10.8. The number of aromatic nitrogens is 1. The number of rotatable bonds is 2. The number of pyridine rings is 1. The Morgan fingerprint density at radius 1 is 1.21 bits per heavy atom. The van der Waals surface area contributed by atoms with Crippen LogP contribution in [0.3, 0.4) is 0 Å². The molecule has 2 heterocycles. The van der Waals surface area contributed by atoms with Crippen LogP contribution in [-0.4, -0.2) is 16.1 Å². The monoisotopic (exact) mass is 289 g/mol. The number of benzene rings is 1. The molecule has 19 heavy (non-hydrogen) atoms. The molecule has 1 aromatic carbocycles. The van der Waals surface area contributed by atoms with Crippen LogP contribution >= 0.6 is 22.9 Å². The highest BCUT2D eigenvalue weighted by Crippen LogP contribution is 2.33. The number of carboxylic acid groups (broad SMARTS) is 1. The Hall–Kier alpha value is -1.91. The zero-order chi connectivity index (χ0) is 13.4. The first-order valence-corrected chi connectivity index (χ1v) is 6.72. The minimum absolute atomic E-state index is 0.188. The maximum atomic E-state index is 10.8. The zero-order valence-electron chi connectivity index (χ0n) is 9.63. The van der Waals surface area contributed by atoms with Gasteiger partial charge in [0.25, 0.3) is 0 Å². The summed E-state index contributed by atoms with van der Waals surface area (Å²) in [6, 6.07) is 11.0. The lowest BCUT2D eigenvalue weighted by Gasteiger charge is -1.97. The second-order valence-electron chi connectivity index (χ2n) is 4.03. The standard InChI is InChI=1S/C14H8ClNO2S/c15-10-2-4-12-9(5-10)6-13(19-12)11-3-1-8(7-16-11)14(17)18/h1-7H,(H,17,18). The van der Waals surface area contributed by atoms with Crippen molar-refractivity contribution in [1.29, 1.82) is 0 Å². The predicted molar refractivity (Wildman–Crippen MR) is 77.0 cm³/mol. The Kier molecular flexibility index (Phi) is 2.97. The third-order valence-corrected chi connectivity index (χ3v) is 4.11. The quantitative estimate of drug-likeness (QED) is 0.764. The first kappa shape index (κ1) is 12.1. The van der Waals surface area contributed by atoms with Crippen molar-refractivity contribution in [3.8, 4) is 10.6 Å². The minimum Gasteiger partial charge on any atom is -0.478 e. The van der Waals surface area contributed by atoms with Crippen LogP contribution in [0.5, 0.6) is 0 Å². The Bertz CT molecular complexity index is 765. The van der Waals surface area contributed by atoms with E-state index in [1.807, 2.05) is 24.3 Å². The predicted octanol–water partition coefficient (Wildman–Crippen LogP) is 4.31. The molecule has 0 bridgehead atoms. The highest BCUT2D eigenvalue weighted by molar-refractivity contribution is 7.22. The van der Waals surface area contributed by atoms with Crippen molar-refractivity contribution in [2.75, 3.05) is 0 Å². The van der Waals surface area contributed by atoms with Crippen molar-refractivity contribution >= 4 is 39.0 Å². The largest absolute Gasteiger partial charge is 0.478 e. The lowest BCUT2D eigenvalue weighted by molar-refractivity contribution is 0.0696. The summed E-state index contributed by atoms with van der Waals surface area (Å²) >= 11 is 7.56. The van der Waals surface area contributed by atoms with Crippen molar-refractivity contribution in [2.24, 2.45) is 0 Å². The van der Waals surface area contributed by atoms with Crippen LogP contribution in [0, 0.1) is 0 Å². The molecule has 5 heteroatoms. The second-order valence-corrected chi connectivity index (χ2v) is 5.55. The van der Waals surface area contributed by atoms with Gasteiger partial charge in [-0.05, 0) is 41.8 Å². The van der Waals surface area contributed by atoms with E-state index in [-0.39, 0.29) is 5.56 Å². The summed E-state index contributed by atoms with van der Waals surface area (Å²) in [5.74, 6) is -0.970. The molecule has 0 spiro atoms. The van der Waals surface area contributed by atoms with Crippen LogP contribution in [0.4, 0.5) is 0 Å². The topological polar surface area (TPSA) is 50.2 Å². The maximum absolute atomic E-state index is 10.8. The van der Waals surface area contributed by atoms with Gasteiger partial charge in [-0.3, -0.25) is 4.98 Å². The van der Waals surface area contributed by atoms with E-state index < -0.39 is 5.97 Å². The van der Waals surface area contributed by atoms with Gasteiger partial charge < -0.3 is 5.11 Å². The summed E-state index contributed by atoms with van der Waals surface area (Å²) < 4.78 is 1.13. The SMILES string of the molecule is O=C(O)c1ccc(-c2cc3cc(Cl)ccc3s2)nc1. The molecule has 94 valence electrons. The highest BCUT2D eigenvalue weighted by Gasteiger charge is 2.08. The molecule has 2 aromatic heterocycles. The molecule has 3 nitrogen and oxygen atoms in total. The second kappa shape index (κ2) is 4.64. The number of carbonyl (C=O) groups is 1. The molecule has 0 fully saturated rings. The van der Waals surface area contributed by atoms with Crippen LogP contribution in [0.15, 0.2) is 42.6 Å². The molecule has 0 amide bonds. The van der Waals surface area contributed by atoms with Crippen LogP contribution in [0.25, 0.3) is 20.7 Å².